The maximum absolute atomic E-state index is 7.21. The van der Waals surface area contributed by atoms with E-state index in [2.05, 4.69) is 45.1 Å². The molecule has 4 rings (SSSR count). The highest BCUT2D eigenvalue weighted by Gasteiger charge is 2.18. The number of nitrogens with one attached hydrogen (secondary N) is 1. The molecule has 0 aliphatic carbocycles. The number of hydrogen-bond acceptors (Lipinski definition) is 5. The van der Waals surface area contributed by atoms with E-state index in [1.54, 1.807) is 14.2 Å². The van der Waals surface area contributed by atoms with Crippen molar-refractivity contribution < 1.29 is 9.47 Å². The maximum atomic E-state index is 7.21. The summed E-state index contributed by atoms with van der Waals surface area (Å²) in [6.45, 7) is 10.6. The van der Waals surface area contributed by atoms with Crippen LogP contribution >= 0.6 is 0 Å². The van der Waals surface area contributed by atoms with E-state index in [1.807, 2.05) is 37.3 Å². The standard InChI is InChI=1S/C26H27N5O2/c1-17-13-22-23(14-24(29-22)25(27)28-2)30-26(17)31(15-18-5-9-20(32-3)10-6-18)16-19-7-11-21(33-4)12-8-19/h5-14,25,29H,15-16,27H2,1,3-4H3. The van der Waals surface area contributed by atoms with Crippen LogP contribution in [0.25, 0.3) is 15.9 Å². The summed E-state index contributed by atoms with van der Waals surface area (Å²) in [6, 6.07) is 20.1. The molecule has 2 heterocycles. The van der Waals surface area contributed by atoms with E-state index >= 15 is 0 Å². The van der Waals surface area contributed by atoms with Crippen molar-refractivity contribution >= 4 is 16.9 Å². The van der Waals surface area contributed by atoms with Gasteiger partial charge >= 0.3 is 6.17 Å². The number of nitrogens with two attached hydrogens (primary N) is 1. The van der Waals surface area contributed by atoms with Crippen molar-refractivity contribution in [3.05, 3.63) is 94.5 Å². The van der Waals surface area contributed by atoms with Gasteiger partial charge in [0.25, 0.3) is 0 Å². The summed E-state index contributed by atoms with van der Waals surface area (Å²) >= 11 is 0. The zero-order valence-electron chi connectivity index (χ0n) is 19.0. The summed E-state index contributed by atoms with van der Waals surface area (Å²) in [5.74, 6) is 2.54. The van der Waals surface area contributed by atoms with Crippen LogP contribution in [0.3, 0.4) is 0 Å². The molecule has 1 atom stereocenters. The number of ether oxygens (including phenoxy) is 2. The zero-order valence-corrected chi connectivity index (χ0v) is 19.0. The molecule has 1 unspecified atom stereocenters. The number of anilines is 1. The largest absolute Gasteiger partial charge is 0.497 e. The Balaban J connectivity index is 1.72. The van der Waals surface area contributed by atoms with E-state index in [4.69, 9.17) is 26.8 Å². The first-order chi connectivity index (χ1) is 16.0. The molecule has 0 amide bonds. The molecule has 0 bridgehead atoms. The number of fused-ring (bicyclic) bond motifs is 1. The highest BCUT2D eigenvalue weighted by Crippen LogP contribution is 2.28. The first-order valence-corrected chi connectivity index (χ1v) is 10.6. The fourth-order valence-corrected chi connectivity index (χ4v) is 3.82. The second-order valence-electron chi connectivity index (χ2n) is 7.91. The predicted molar refractivity (Wildman–Crippen MR) is 130 cm³/mol. The molecule has 0 spiro atoms. The average Bonchev–Trinajstić information content (AvgIpc) is 3.26. The highest BCUT2D eigenvalue weighted by atomic mass is 16.5. The summed E-state index contributed by atoms with van der Waals surface area (Å²) in [5, 5.41) is 0. The van der Waals surface area contributed by atoms with Gasteiger partial charge in [-0.15, -0.1) is 0 Å². The van der Waals surface area contributed by atoms with Crippen molar-refractivity contribution in [2.75, 3.05) is 19.1 Å². The Bertz CT molecular complexity index is 1220. The normalized spacial score (nSPS) is 11.7. The molecule has 0 radical (unpaired) electrons. The number of H-pyrrole nitrogens is 1. The molecule has 33 heavy (non-hydrogen) atoms. The lowest BCUT2D eigenvalue weighted by Crippen LogP contribution is -2.24. The molecule has 0 aliphatic rings. The third kappa shape index (κ3) is 4.92. The van der Waals surface area contributed by atoms with Crippen molar-refractivity contribution in [2.24, 2.45) is 5.73 Å². The second-order valence-corrected chi connectivity index (χ2v) is 7.91. The van der Waals surface area contributed by atoms with Crippen LogP contribution in [0.1, 0.15) is 28.6 Å². The average molecular weight is 442 g/mol. The molecular formula is C26H27N5O2. The number of aromatic nitrogens is 2. The molecular weight excluding hydrogens is 414 g/mol. The molecule has 7 heteroatoms. The SMILES string of the molecule is [C-]#[N+]C(N)c1cc2nc(N(Cc3ccc(OC)cc3)Cc3ccc(OC)cc3)c(C)cc2[nH]1. The van der Waals surface area contributed by atoms with E-state index in [1.165, 1.54) is 0 Å². The van der Waals surface area contributed by atoms with Gasteiger partial charge in [-0.2, -0.15) is 0 Å². The van der Waals surface area contributed by atoms with Gasteiger partial charge in [0.05, 0.1) is 25.3 Å². The van der Waals surface area contributed by atoms with Crippen LogP contribution in [0, 0.1) is 13.5 Å². The van der Waals surface area contributed by atoms with Crippen molar-refractivity contribution in [3.8, 4) is 11.5 Å². The Kier molecular flexibility index (Phi) is 6.48. The van der Waals surface area contributed by atoms with E-state index in [0.717, 1.165) is 45.0 Å². The van der Waals surface area contributed by atoms with Gasteiger partial charge in [-0.3, -0.25) is 10.6 Å². The Morgan fingerprint density at radius 2 is 1.52 bits per heavy atom. The van der Waals surface area contributed by atoms with E-state index in [-0.39, 0.29) is 0 Å². The third-order valence-electron chi connectivity index (χ3n) is 5.61. The van der Waals surface area contributed by atoms with Gasteiger partial charge in [-0.05, 0) is 60.0 Å². The van der Waals surface area contributed by atoms with E-state index in [0.29, 0.717) is 18.8 Å². The van der Waals surface area contributed by atoms with Crippen LogP contribution in [0.2, 0.25) is 0 Å². The molecule has 7 nitrogen and oxygen atoms in total. The number of hydrogen-bond donors (Lipinski definition) is 2. The molecule has 4 aromatic rings. The van der Waals surface area contributed by atoms with Gasteiger partial charge in [-0.1, -0.05) is 24.3 Å². The third-order valence-corrected chi connectivity index (χ3v) is 5.61. The van der Waals surface area contributed by atoms with Crippen LogP contribution in [0.5, 0.6) is 11.5 Å². The monoisotopic (exact) mass is 441 g/mol. The summed E-state index contributed by atoms with van der Waals surface area (Å²) in [5.41, 5.74) is 11.6. The van der Waals surface area contributed by atoms with E-state index < -0.39 is 6.17 Å². The number of methoxy groups -OCH3 is 2. The Morgan fingerprint density at radius 3 is 2.00 bits per heavy atom. The van der Waals surface area contributed by atoms with Crippen LogP contribution in [-0.4, -0.2) is 24.2 Å². The molecule has 0 fully saturated rings. The number of rotatable bonds is 8. The van der Waals surface area contributed by atoms with Crippen LogP contribution in [0.4, 0.5) is 5.82 Å². The van der Waals surface area contributed by atoms with Crippen molar-refractivity contribution in [1.82, 2.24) is 9.97 Å². The van der Waals surface area contributed by atoms with Gasteiger partial charge in [0, 0.05) is 13.1 Å². The van der Waals surface area contributed by atoms with Crippen LogP contribution in [0.15, 0.2) is 60.7 Å². The Labute approximate surface area is 193 Å². The molecule has 0 aliphatic heterocycles. The lowest BCUT2D eigenvalue weighted by Gasteiger charge is -2.26. The fourth-order valence-electron chi connectivity index (χ4n) is 3.82. The second kappa shape index (κ2) is 9.63. The first-order valence-electron chi connectivity index (χ1n) is 10.6. The van der Waals surface area contributed by atoms with Crippen LogP contribution in [-0.2, 0) is 13.1 Å². The van der Waals surface area contributed by atoms with Crippen molar-refractivity contribution in [3.63, 3.8) is 0 Å². The fraction of sp³-hybridized carbons (Fsp3) is 0.231. The lowest BCUT2D eigenvalue weighted by molar-refractivity contribution is 0.414. The molecule has 3 N–H and O–H groups in total. The Hall–Kier alpha value is -4.02. The number of pyridine rings is 1. The first kappa shape index (κ1) is 22.2. The number of aromatic amines is 1. The minimum absolute atomic E-state index is 0.668. The number of aryl methyl sites for hydroxylation is 1. The predicted octanol–water partition coefficient (Wildman–Crippen LogP) is 4.97. The summed E-state index contributed by atoms with van der Waals surface area (Å²) in [4.78, 5) is 13.9. The van der Waals surface area contributed by atoms with Gasteiger partial charge in [0.1, 0.15) is 23.0 Å². The topological polar surface area (TPSA) is 80.8 Å². The molecule has 0 saturated carbocycles. The maximum Gasteiger partial charge on any atom is 0.315 e. The molecule has 0 saturated heterocycles. The van der Waals surface area contributed by atoms with Crippen molar-refractivity contribution in [2.45, 2.75) is 26.2 Å². The van der Waals surface area contributed by atoms with Crippen LogP contribution < -0.4 is 20.1 Å². The quantitative estimate of drug-likeness (QED) is 0.377. The summed E-state index contributed by atoms with van der Waals surface area (Å²) in [6.07, 6.45) is -0.724. The number of nitrogens with zero attached hydrogens (tertiary/aromatic N) is 3. The zero-order chi connectivity index (χ0) is 23.4. The van der Waals surface area contributed by atoms with Gasteiger partial charge < -0.3 is 19.4 Å². The van der Waals surface area contributed by atoms with Gasteiger partial charge in [-0.25, -0.2) is 11.6 Å². The molecule has 168 valence electrons. The Morgan fingerprint density at radius 1 is 0.970 bits per heavy atom. The smallest absolute Gasteiger partial charge is 0.315 e. The minimum Gasteiger partial charge on any atom is -0.497 e. The van der Waals surface area contributed by atoms with Gasteiger partial charge in [0.15, 0.2) is 0 Å². The van der Waals surface area contributed by atoms with Gasteiger partial charge in [0.2, 0.25) is 0 Å². The molecule has 2 aromatic carbocycles. The molecule has 2 aromatic heterocycles. The summed E-state index contributed by atoms with van der Waals surface area (Å²) in [7, 11) is 3.33. The van der Waals surface area contributed by atoms with Crippen molar-refractivity contribution in [1.29, 1.82) is 0 Å². The summed E-state index contributed by atoms with van der Waals surface area (Å²) < 4.78 is 10.6. The number of benzene rings is 2. The highest BCUT2D eigenvalue weighted by molar-refractivity contribution is 5.80. The lowest BCUT2D eigenvalue weighted by atomic mass is 10.1. The minimum atomic E-state index is -0.724. The van der Waals surface area contributed by atoms with E-state index in [9.17, 15) is 0 Å².